The molecule has 0 radical (unpaired) electrons. The molecule has 178 valence electrons. The van der Waals surface area contributed by atoms with Crippen LogP contribution in [0.2, 0.25) is 0 Å². The van der Waals surface area contributed by atoms with Gasteiger partial charge in [-0.2, -0.15) is 16.1 Å². The second-order valence-electron chi connectivity index (χ2n) is 8.02. The van der Waals surface area contributed by atoms with Crippen molar-refractivity contribution in [1.29, 1.82) is 0 Å². The molecule has 1 amide bonds. The predicted octanol–water partition coefficient (Wildman–Crippen LogP) is 1.73. The number of carbonyl (C=O) groups excluding carboxylic acids is 1. The van der Waals surface area contributed by atoms with Gasteiger partial charge in [0.1, 0.15) is 10.7 Å². The van der Waals surface area contributed by atoms with Gasteiger partial charge >= 0.3 is 0 Å². The molecule has 10 heteroatoms. The zero-order valence-electron chi connectivity index (χ0n) is 18.6. The number of pyridine rings is 1. The van der Waals surface area contributed by atoms with Gasteiger partial charge in [0.15, 0.2) is 0 Å². The van der Waals surface area contributed by atoms with Gasteiger partial charge in [-0.05, 0) is 29.9 Å². The van der Waals surface area contributed by atoms with E-state index in [1.54, 1.807) is 23.9 Å². The SMILES string of the molecule is O=C(CSCCc1ccccc1)N1CCN(c2ccc(S(=O)(=O)N3CCOCC3)cn2)CC1. The quantitative estimate of drug-likeness (QED) is 0.521. The van der Waals surface area contributed by atoms with Crippen LogP contribution in [0.4, 0.5) is 5.82 Å². The molecule has 0 bridgehead atoms. The molecule has 2 aliphatic heterocycles. The number of rotatable bonds is 8. The Morgan fingerprint density at radius 3 is 2.36 bits per heavy atom. The number of carbonyl (C=O) groups is 1. The average Bonchev–Trinajstić information content (AvgIpc) is 2.88. The number of aromatic nitrogens is 1. The molecule has 0 atom stereocenters. The standard InChI is InChI=1S/C23H30N4O4S2/c28-23(19-32-17-8-20-4-2-1-3-5-20)26-11-9-25(10-12-26)22-7-6-21(18-24-22)33(29,30)27-13-15-31-16-14-27/h1-7,18H,8-17,19H2. The lowest BCUT2D eigenvalue weighted by Crippen LogP contribution is -2.49. The van der Waals surface area contributed by atoms with E-state index < -0.39 is 10.0 Å². The van der Waals surface area contributed by atoms with Gasteiger partial charge in [-0.3, -0.25) is 4.79 Å². The summed E-state index contributed by atoms with van der Waals surface area (Å²) in [6.07, 6.45) is 2.40. The summed E-state index contributed by atoms with van der Waals surface area (Å²) in [7, 11) is -3.54. The third-order valence-corrected chi connectivity index (χ3v) is 8.71. The fourth-order valence-electron chi connectivity index (χ4n) is 3.92. The van der Waals surface area contributed by atoms with E-state index in [9.17, 15) is 13.2 Å². The molecule has 2 aromatic rings. The number of nitrogens with zero attached hydrogens (tertiary/aromatic N) is 4. The maximum absolute atomic E-state index is 12.8. The Balaban J connectivity index is 1.22. The number of benzene rings is 1. The Morgan fingerprint density at radius 2 is 1.70 bits per heavy atom. The lowest BCUT2D eigenvalue weighted by atomic mass is 10.2. The molecule has 3 heterocycles. The minimum absolute atomic E-state index is 0.174. The number of anilines is 1. The number of ether oxygens (including phenoxy) is 1. The molecule has 8 nitrogen and oxygen atoms in total. The van der Waals surface area contributed by atoms with E-state index in [0.29, 0.717) is 58.2 Å². The van der Waals surface area contributed by atoms with Crippen molar-refractivity contribution in [2.45, 2.75) is 11.3 Å². The van der Waals surface area contributed by atoms with Crippen molar-refractivity contribution in [3.8, 4) is 0 Å². The molecule has 0 aliphatic carbocycles. The van der Waals surface area contributed by atoms with Gasteiger partial charge in [0.25, 0.3) is 0 Å². The van der Waals surface area contributed by atoms with Gasteiger partial charge < -0.3 is 14.5 Å². The van der Waals surface area contributed by atoms with Crippen molar-refractivity contribution in [1.82, 2.24) is 14.2 Å². The molecule has 0 N–H and O–H groups in total. The summed E-state index contributed by atoms with van der Waals surface area (Å²) in [5, 5.41) is 0. The summed E-state index contributed by atoms with van der Waals surface area (Å²) in [5.74, 6) is 2.34. The normalized spacial score (nSPS) is 17.8. The lowest BCUT2D eigenvalue weighted by molar-refractivity contribution is -0.128. The molecule has 1 aromatic heterocycles. The Labute approximate surface area is 200 Å². The van der Waals surface area contributed by atoms with Crippen LogP contribution in [-0.2, 0) is 26.0 Å². The van der Waals surface area contributed by atoms with Gasteiger partial charge in [-0.25, -0.2) is 13.4 Å². The number of sulfonamides is 1. The maximum Gasteiger partial charge on any atom is 0.244 e. The van der Waals surface area contributed by atoms with Gasteiger partial charge in [-0.1, -0.05) is 30.3 Å². The average molecular weight is 491 g/mol. The summed E-state index contributed by atoms with van der Waals surface area (Å²) < 4.78 is 32.2. The van der Waals surface area contributed by atoms with E-state index >= 15 is 0 Å². The number of hydrogen-bond donors (Lipinski definition) is 0. The van der Waals surface area contributed by atoms with E-state index in [1.165, 1.54) is 16.1 Å². The molecule has 0 saturated carbocycles. The first-order valence-electron chi connectivity index (χ1n) is 11.2. The van der Waals surface area contributed by atoms with Crippen LogP contribution in [0.1, 0.15) is 5.56 Å². The minimum Gasteiger partial charge on any atom is -0.379 e. The number of morpholine rings is 1. The van der Waals surface area contributed by atoms with Crippen molar-refractivity contribution in [3.63, 3.8) is 0 Å². The van der Waals surface area contributed by atoms with Gasteiger partial charge in [0.05, 0.1) is 19.0 Å². The van der Waals surface area contributed by atoms with Gasteiger partial charge in [-0.15, -0.1) is 0 Å². The number of amides is 1. The minimum atomic E-state index is -3.54. The third kappa shape index (κ3) is 6.26. The van der Waals surface area contributed by atoms with Crippen molar-refractivity contribution >= 4 is 33.5 Å². The summed E-state index contributed by atoms with van der Waals surface area (Å²) >= 11 is 1.68. The Hall–Kier alpha value is -2.14. The van der Waals surface area contributed by atoms with E-state index in [1.807, 2.05) is 23.1 Å². The number of thioether (sulfide) groups is 1. The van der Waals surface area contributed by atoms with Crippen LogP contribution in [0.3, 0.4) is 0 Å². The fraction of sp³-hybridized carbons (Fsp3) is 0.478. The van der Waals surface area contributed by atoms with E-state index in [0.717, 1.165) is 18.0 Å². The van der Waals surface area contributed by atoms with E-state index in [2.05, 4.69) is 22.0 Å². The first kappa shape index (κ1) is 24.0. The van der Waals surface area contributed by atoms with E-state index in [4.69, 9.17) is 4.74 Å². The monoisotopic (exact) mass is 490 g/mol. The second-order valence-corrected chi connectivity index (χ2v) is 11.1. The largest absolute Gasteiger partial charge is 0.379 e. The van der Waals surface area contributed by atoms with Crippen molar-refractivity contribution < 1.29 is 17.9 Å². The predicted molar refractivity (Wildman–Crippen MR) is 130 cm³/mol. The summed E-state index contributed by atoms with van der Waals surface area (Å²) in [4.78, 5) is 21.2. The Bertz CT molecular complexity index is 1000. The van der Waals surface area contributed by atoms with Crippen molar-refractivity contribution in [3.05, 3.63) is 54.2 Å². The molecule has 2 saturated heterocycles. The highest BCUT2D eigenvalue weighted by molar-refractivity contribution is 7.99. The first-order chi connectivity index (χ1) is 16.0. The van der Waals surface area contributed by atoms with Crippen LogP contribution >= 0.6 is 11.8 Å². The van der Waals surface area contributed by atoms with Crippen LogP contribution in [0.5, 0.6) is 0 Å². The molecular weight excluding hydrogens is 460 g/mol. The summed E-state index contributed by atoms with van der Waals surface area (Å²) in [5.41, 5.74) is 1.29. The number of hydrogen-bond acceptors (Lipinski definition) is 7. The van der Waals surface area contributed by atoms with Crippen LogP contribution in [0.15, 0.2) is 53.6 Å². The van der Waals surface area contributed by atoms with Crippen molar-refractivity contribution in [2.24, 2.45) is 0 Å². The number of piperazine rings is 1. The molecule has 2 fully saturated rings. The first-order valence-corrected chi connectivity index (χ1v) is 13.8. The highest BCUT2D eigenvalue weighted by atomic mass is 32.2. The third-order valence-electron chi connectivity index (χ3n) is 5.89. The van der Waals surface area contributed by atoms with Gasteiger partial charge in [0.2, 0.25) is 15.9 Å². The molecule has 33 heavy (non-hydrogen) atoms. The Kier molecular flexibility index (Phi) is 8.24. The lowest BCUT2D eigenvalue weighted by Gasteiger charge is -2.35. The summed E-state index contributed by atoms with van der Waals surface area (Å²) in [6.45, 7) is 4.22. The van der Waals surface area contributed by atoms with Crippen molar-refractivity contribution in [2.75, 3.05) is 68.9 Å². The highest BCUT2D eigenvalue weighted by Gasteiger charge is 2.27. The highest BCUT2D eigenvalue weighted by Crippen LogP contribution is 2.20. The second kappa shape index (κ2) is 11.3. The zero-order valence-corrected chi connectivity index (χ0v) is 20.3. The molecule has 2 aliphatic rings. The topological polar surface area (TPSA) is 83.1 Å². The number of aryl methyl sites for hydroxylation is 1. The smallest absolute Gasteiger partial charge is 0.244 e. The maximum atomic E-state index is 12.8. The summed E-state index contributed by atoms with van der Waals surface area (Å²) in [6, 6.07) is 13.7. The molecule has 4 rings (SSSR count). The van der Waals surface area contributed by atoms with E-state index in [-0.39, 0.29) is 10.8 Å². The Morgan fingerprint density at radius 1 is 0.970 bits per heavy atom. The zero-order chi connectivity index (χ0) is 23.1. The molecular formula is C23H30N4O4S2. The van der Waals surface area contributed by atoms with Crippen LogP contribution < -0.4 is 4.90 Å². The molecule has 0 spiro atoms. The van der Waals surface area contributed by atoms with Crippen LogP contribution in [0, 0.1) is 0 Å². The molecule has 0 unspecified atom stereocenters. The van der Waals surface area contributed by atoms with Crippen LogP contribution in [0.25, 0.3) is 0 Å². The van der Waals surface area contributed by atoms with Gasteiger partial charge in [0, 0.05) is 45.5 Å². The fourth-order valence-corrected chi connectivity index (χ4v) is 6.15. The molecule has 1 aromatic carbocycles. The van der Waals surface area contributed by atoms with Crippen LogP contribution in [-0.4, -0.2) is 92.5 Å².